The highest BCUT2D eigenvalue weighted by Crippen LogP contribution is 2.65. The predicted octanol–water partition coefficient (Wildman–Crippen LogP) is 6.95. The van der Waals surface area contributed by atoms with Gasteiger partial charge in [-0.3, -0.25) is 0 Å². The summed E-state index contributed by atoms with van der Waals surface area (Å²) in [4.78, 5) is 0. The molecule has 1 aliphatic carbocycles. The zero-order valence-electron chi connectivity index (χ0n) is 29.4. The second kappa shape index (κ2) is 11.0. The van der Waals surface area contributed by atoms with Gasteiger partial charge in [0.1, 0.15) is 16.8 Å². The summed E-state index contributed by atoms with van der Waals surface area (Å²) in [5.74, 6) is -13.4. The number of furan rings is 1. The molecule has 9 aromatic rings. The van der Waals surface area contributed by atoms with E-state index < -0.39 is 113 Å². The van der Waals surface area contributed by atoms with Crippen LogP contribution in [0.15, 0.2) is 77.2 Å². The van der Waals surface area contributed by atoms with E-state index in [4.69, 9.17) is 15.9 Å². The van der Waals surface area contributed by atoms with Crippen LogP contribution in [0.1, 0.15) is 11.1 Å². The lowest BCUT2D eigenvalue weighted by Crippen LogP contribution is -2.45. The molecule has 1 aliphatic rings. The van der Waals surface area contributed by atoms with E-state index in [2.05, 4.69) is 0 Å². The van der Waals surface area contributed by atoms with E-state index in [1.165, 1.54) is 24.3 Å². The molecule has 10 rings (SSSR count). The number of hydrogen-bond donors (Lipinski definition) is 14. The maximum Gasteiger partial charge on any atom is 0.204 e. The van der Waals surface area contributed by atoms with Crippen molar-refractivity contribution in [1.82, 2.24) is 0 Å². The van der Waals surface area contributed by atoms with Crippen LogP contribution in [0.3, 0.4) is 0 Å². The molecule has 8 aromatic carbocycles. The summed E-state index contributed by atoms with van der Waals surface area (Å²) in [6, 6.07) is 20.1. The Kier molecular flexibility index (Phi) is 6.52. The minimum atomic E-state index is -2.21. The van der Waals surface area contributed by atoms with Crippen LogP contribution in [-0.2, 0) is 5.66 Å². The number of phenolic OH excluding ortho intramolecular Hbond substituents is 12. The van der Waals surface area contributed by atoms with Crippen molar-refractivity contribution in [3.8, 4) is 102 Å². The summed E-state index contributed by atoms with van der Waals surface area (Å²) < 4.78 is 6.16. The van der Waals surface area contributed by atoms with Gasteiger partial charge in [0, 0.05) is 60.1 Å². The minimum Gasteiger partial charge on any atom is -0.504 e. The van der Waals surface area contributed by atoms with E-state index in [9.17, 15) is 61.3 Å². The number of hydrogen-bond acceptors (Lipinski definition) is 15. The third kappa shape index (κ3) is 4.01. The molecule has 15 heteroatoms. The number of nitrogens with two attached hydrogens (primary N) is 2. The second-order valence-corrected chi connectivity index (χ2v) is 14.3. The summed E-state index contributed by atoms with van der Waals surface area (Å²) in [5.41, 5.74) is 9.98. The Bertz CT molecular complexity index is 3330. The zero-order valence-corrected chi connectivity index (χ0v) is 29.4. The largest absolute Gasteiger partial charge is 0.504 e. The molecule has 0 saturated heterocycles. The quantitative estimate of drug-likeness (QED) is 0.0365. The molecular weight excluding hydrogens is 752 g/mol. The standard InChI is InChI=1S/C43H28N2O13/c44-43(45)19-7-3-6-16(23(19)29-30(43)36(51)42(57)41(56)35(29)50)24-27-25(31(46)37(52)39(54)33(27)48)22(26-28(24)34(49)40(55)38(53)32(26)47)15-8-9-20-17(11-15)18-10-13-4-1-2-5-14(13)12-21(18)58-20/h1-12,46-57H,44-45H2. The highest BCUT2D eigenvalue weighted by molar-refractivity contribution is 6.30. The molecule has 0 fully saturated rings. The average molecular weight is 781 g/mol. The van der Waals surface area contributed by atoms with Crippen LogP contribution >= 0.6 is 0 Å². The van der Waals surface area contributed by atoms with Crippen molar-refractivity contribution in [2.24, 2.45) is 11.5 Å². The van der Waals surface area contributed by atoms with Gasteiger partial charge in [-0.1, -0.05) is 48.5 Å². The SMILES string of the molecule is NC1(N)c2cccc(-c3c4c(O)c(O)c(O)c(O)c4c(-c4ccc5oc6cc7ccccc7cc6c5c4)c4c(O)c(O)c(O)c(O)c34)c2-c2c(O)c(O)c(O)c(O)c21. The van der Waals surface area contributed by atoms with Crippen LogP contribution in [-0.4, -0.2) is 61.3 Å². The van der Waals surface area contributed by atoms with E-state index >= 15 is 0 Å². The van der Waals surface area contributed by atoms with E-state index in [0.717, 1.165) is 10.8 Å². The average Bonchev–Trinajstić information content (AvgIpc) is 3.70. The van der Waals surface area contributed by atoms with Crippen LogP contribution in [0.5, 0.6) is 69.0 Å². The van der Waals surface area contributed by atoms with E-state index in [-0.39, 0.29) is 27.8 Å². The van der Waals surface area contributed by atoms with Crippen molar-refractivity contribution < 1.29 is 65.7 Å². The molecular formula is C43H28N2O13. The maximum atomic E-state index is 11.8. The third-order valence-electron chi connectivity index (χ3n) is 11.3. The Morgan fingerprint density at radius 1 is 0.397 bits per heavy atom. The topological polar surface area (TPSA) is 308 Å². The predicted molar refractivity (Wildman–Crippen MR) is 212 cm³/mol. The van der Waals surface area contributed by atoms with Crippen LogP contribution < -0.4 is 11.5 Å². The Labute approximate surface area is 322 Å². The number of aromatic hydroxyl groups is 12. The molecule has 58 heavy (non-hydrogen) atoms. The monoisotopic (exact) mass is 780 g/mol. The van der Waals surface area contributed by atoms with E-state index in [0.29, 0.717) is 21.9 Å². The van der Waals surface area contributed by atoms with Crippen LogP contribution in [0.25, 0.3) is 87.6 Å². The highest BCUT2D eigenvalue weighted by atomic mass is 16.4. The van der Waals surface area contributed by atoms with Gasteiger partial charge in [0.25, 0.3) is 0 Å². The Hall–Kier alpha value is -8.14. The summed E-state index contributed by atoms with van der Waals surface area (Å²) >= 11 is 0. The molecule has 16 N–H and O–H groups in total. The first kappa shape index (κ1) is 34.4. The van der Waals surface area contributed by atoms with Gasteiger partial charge in [0.05, 0.1) is 0 Å². The van der Waals surface area contributed by atoms with Gasteiger partial charge in [-0.15, -0.1) is 0 Å². The molecule has 0 spiro atoms. The summed E-state index contributed by atoms with van der Waals surface area (Å²) in [7, 11) is 0. The van der Waals surface area contributed by atoms with Gasteiger partial charge in [-0.25, -0.2) is 0 Å². The van der Waals surface area contributed by atoms with E-state index in [1.807, 2.05) is 36.4 Å². The first-order chi connectivity index (χ1) is 27.6. The molecule has 0 amide bonds. The number of fused-ring (bicyclic) bond motifs is 9. The Morgan fingerprint density at radius 3 is 1.48 bits per heavy atom. The van der Waals surface area contributed by atoms with Crippen LogP contribution in [0, 0.1) is 0 Å². The van der Waals surface area contributed by atoms with E-state index in [1.54, 1.807) is 12.1 Å². The lowest BCUT2D eigenvalue weighted by atomic mass is 9.81. The molecule has 0 atom stereocenters. The first-order valence-corrected chi connectivity index (χ1v) is 17.4. The fraction of sp³-hybridized carbons (Fsp3) is 0.0233. The van der Waals surface area contributed by atoms with Crippen molar-refractivity contribution in [3.63, 3.8) is 0 Å². The van der Waals surface area contributed by atoms with Crippen molar-refractivity contribution in [2.45, 2.75) is 5.66 Å². The van der Waals surface area contributed by atoms with Gasteiger partial charge in [-0.2, -0.15) is 0 Å². The fourth-order valence-corrected chi connectivity index (χ4v) is 8.65. The molecule has 1 aromatic heterocycles. The second-order valence-electron chi connectivity index (χ2n) is 14.3. The van der Waals surface area contributed by atoms with Gasteiger partial charge in [0.15, 0.2) is 34.5 Å². The number of phenols is 12. The zero-order chi connectivity index (χ0) is 41.0. The van der Waals surface area contributed by atoms with Gasteiger partial charge in [-0.05, 0) is 51.7 Å². The minimum absolute atomic E-state index is 0.0655. The molecule has 15 nitrogen and oxygen atoms in total. The molecule has 0 saturated carbocycles. The summed E-state index contributed by atoms with van der Waals surface area (Å²) in [6.45, 7) is 0. The van der Waals surface area contributed by atoms with Crippen molar-refractivity contribution in [1.29, 1.82) is 0 Å². The highest BCUT2D eigenvalue weighted by Gasteiger charge is 2.46. The van der Waals surface area contributed by atoms with Gasteiger partial charge >= 0.3 is 0 Å². The first-order valence-electron chi connectivity index (χ1n) is 17.4. The van der Waals surface area contributed by atoms with Crippen LogP contribution in [0.4, 0.5) is 0 Å². The number of rotatable bonds is 2. The van der Waals surface area contributed by atoms with Gasteiger partial charge in [0.2, 0.25) is 34.5 Å². The van der Waals surface area contributed by atoms with Crippen molar-refractivity contribution >= 4 is 54.3 Å². The van der Waals surface area contributed by atoms with Crippen molar-refractivity contribution in [2.75, 3.05) is 0 Å². The molecule has 0 radical (unpaired) electrons. The normalized spacial score (nSPS) is 13.3. The summed E-state index contributed by atoms with van der Waals surface area (Å²) in [6.07, 6.45) is 0. The third-order valence-corrected chi connectivity index (χ3v) is 11.3. The lowest BCUT2D eigenvalue weighted by Gasteiger charge is -2.24. The van der Waals surface area contributed by atoms with Crippen molar-refractivity contribution in [3.05, 3.63) is 83.9 Å². The van der Waals surface area contributed by atoms with Gasteiger partial charge < -0.3 is 77.2 Å². The molecule has 288 valence electrons. The molecule has 1 heterocycles. The molecule has 0 unspecified atom stereocenters. The maximum absolute atomic E-state index is 11.8. The lowest BCUT2D eigenvalue weighted by molar-refractivity contribution is 0.340. The fourth-order valence-electron chi connectivity index (χ4n) is 8.65. The number of benzene rings is 8. The molecule has 0 bridgehead atoms. The smallest absolute Gasteiger partial charge is 0.204 e. The Morgan fingerprint density at radius 2 is 0.897 bits per heavy atom. The Balaban J connectivity index is 1.44. The van der Waals surface area contributed by atoms with Crippen LogP contribution in [0.2, 0.25) is 0 Å². The molecule has 0 aliphatic heterocycles. The summed E-state index contributed by atoms with van der Waals surface area (Å²) in [5, 5.41) is 136.